The lowest BCUT2D eigenvalue weighted by molar-refractivity contribution is -0.384. The molecule has 1 amide bonds. The Bertz CT molecular complexity index is 1350. The Balaban J connectivity index is 1.56. The highest BCUT2D eigenvalue weighted by atomic mass is 127. The smallest absolute Gasteiger partial charge is 0.338 e. The first-order chi connectivity index (χ1) is 14.9. The van der Waals surface area contributed by atoms with E-state index in [1.165, 1.54) is 24.3 Å². The Kier molecular flexibility index (Phi) is 5.67. The molecule has 9 heteroatoms. The highest BCUT2D eigenvalue weighted by Crippen LogP contribution is 2.29. The summed E-state index contributed by atoms with van der Waals surface area (Å²) in [5.74, 6) is -0.226. The number of hydrogen-bond donors (Lipinski definition) is 2. The van der Waals surface area contributed by atoms with Crippen LogP contribution in [0.25, 0.3) is 11.0 Å². The molecule has 0 saturated heterocycles. The van der Waals surface area contributed by atoms with Crippen molar-refractivity contribution in [1.82, 2.24) is 0 Å². The van der Waals surface area contributed by atoms with Crippen LogP contribution in [0.2, 0.25) is 0 Å². The molecule has 0 radical (unpaired) electrons. The van der Waals surface area contributed by atoms with Gasteiger partial charge in [0.15, 0.2) is 0 Å². The molecule has 0 spiro atoms. The van der Waals surface area contributed by atoms with Crippen LogP contribution in [0.3, 0.4) is 0 Å². The van der Waals surface area contributed by atoms with E-state index < -0.39 is 10.5 Å². The minimum Gasteiger partial charge on any atom is -0.423 e. The van der Waals surface area contributed by atoms with Crippen molar-refractivity contribution in [3.63, 3.8) is 0 Å². The summed E-state index contributed by atoms with van der Waals surface area (Å²) in [6.45, 7) is 0. The van der Waals surface area contributed by atoms with Crippen molar-refractivity contribution in [3.8, 4) is 0 Å². The lowest BCUT2D eigenvalue weighted by atomic mass is 10.1. The molecule has 3 aromatic carbocycles. The van der Waals surface area contributed by atoms with Crippen LogP contribution >= 0.6 is 22.6 Å². The lowest BCUT2D eigenvalue weighted by Gasteiger charge is -2.10. The van der Waals surface area contributed by atoms with Gasteiger partial charge in [0.05, 0.1) is 10.6 Å². The summed E-state index contributed by atoms with van der Waals surface area (Å²) in [7, 11) is 0. The quantitative estimate of drug-likeness (QED) is 0.158. The Labute approximate surface area is 189 Å². The number of carbonyl (C=O) groups excluding carboxylic acids is 1. The van der Waals surface area contributed by atoms with Crippen molar-refractivity contribution < 1.29 is 14.1 Å². The van der Waals surface area contributed by atoms with Crippen molar-refractivity contribution in [1.29, 1.82) is 0 Å². The van der Waals surface area contributed by atoms with E-state index in [1.54, 1.807) is 36.4 Å². The van der Waals surface area contributed by atoms with E-state index in [9.17, 15) is 19.7 Å². The number of hydrogen-bond acceptors (Lipinski definition) is 6. The molecule has 2 N–H and O–H groups in total. The minimum atomic E-state index is -0.578. The number of anilines is 3. The van der Waals surface area contributed by atoms with E-state index in [4.69, 9.17) is 4.42 Å². The Hall–Kier alpha value is -3.73. The molecule has 0 aliphatic carbocycles. The first-order valence-electron chi connectivity index (χ1n) is 9.05. The summed E-state index contributed by atoms with van der Waals surface area (Å²) in [6, 6.07) is 19.3. The second-order valence-corrected chi connectivity index (χ2v) is 7.83. The standard InChI is InChI=1S/C22H14IN3O5/c23-14-3-1-13(2-4-14)22(28)25-16-7-5-15(6-8-16)24-19-12-21(27)31-20-10-9-17(26(29)30)11-18(19)20/h1-12,24H,(H,25,28). The van der Waals surface area contributed by atoms with Crippen LogP contribution < -0.4 is 16.3 Å². The molecule has 0 bridgehead atoms. The molecule has 31 heavy (non-hydrogen) atoms. The average molecular weight is 527 g/mol. The van der Waals surface area contributed by atoms with Gasteiger partial charge in [0, 0.05) is 44.1 Å². The number of carbonyl (C=O) groups is 1. The number of halogens is 1. The monoisotopic (exact) mass is 527 g/mol. The van der Waals surface area contributed by atoms with Crippen molar-refractivity contribution >= 4 is 62.2 Å². The van der Waals surface area contributed by atoms with Crippen LogP contribution in [-0.2, 0) is 0 Å². The number of rotatable bonds is 5. The number of benzene rings is 3. The molecule has 8 nitrogen and oxygen atoms in total. The summed E-state index contributed by atoms with van der Waals surface area (Å²) in [4.78, 5) is 34.8. The molecular weight excluding hydrogens is 513 g/mol. The molecule has 0 aliphatic heterocycles. The number of non-ortho nitro benzene ring substituents is 1. The van der Waals surface area contributed by atoms with Crippen molar-refractivity contribution in [2.75, 3.05) is 10.6 Å². The van der Waals surface area contributed by atoms with Gasteiger partial charge < -0.3 is 15.1 Å². The van der Waals surface area contributed by atoms with E-state index in [2.05, 4.69) is 33.2 Å². The number of nitrogens with zero attached hydrogens (tertiary/aromatic N) is 1. The predicted molar refractivity (Wildman–Crippen MR) is 126 cm³/mol. The zero-order chi connectivity index (χ0) is 22.0. The fourth-order valence-corrected chi connectivity index (χ4v) is 3.32. The summed E-state index contributed by atoms with van der Waals surface area (Å²) in [5.41, 5.74) is 1.70. The summed E-state index contributed by atoms with van der Waals surface area (Å²) < 4.78 is 6.16. The SMILES string of the molecule is O=C(Nc1ccc(Nc2cc(=O)oc3ccc([N+](=O)[O-])cc23)cc1)c1ccc(I)cc1. The van der Waals surface area contributed by atoms with E-state index in [1.807, 2.05) is 12.1 Å². The molecule has 154 valence electrons. The van der Waals surface area contributed by atoms with Crippen LogP contribution in [0.5, 0.6) is 0 Å². The number of nitro groups is 1. The number of nitrogens with one attached hydrogen (secondary N) is 2. The number of amides is 1. The molecule has 0 aliphatic rings. The zero-order valence-corrected chi connectivity index (χ0v) is 18.0. The Morgan fingerprint density at radius 1 is 0.935 bits per heavy atom. The largest absolute Gasteiger partial charge is 0.423 e. The van der Waals surface area contributed by atoms with E-state index in [0.717, 1.165) is 3.57 Å². The van der Waals surface area contributed by atoms with Gasteiger partial charge in [-0.3, -0.25) is 14.9 Å². The number of fused-ring (bicyclic) bond motifs is 1. The lowest BCUT2D eigenvalue weighted by Crippen LogP contribution is -2.11. The highest BCUT2D eigenvalue weighted by Gasteiger charge is 2.12. The van der Waals surface area contributed by atoms with E-state index >= 15 is 0 Å². The summed E-state index contributed by atoms with van der Waals surface area (Å²) in [6.07, 6.45) is 0. The maximum Gasteiger partial charge on any atom is 0.338 e. The van der Waals surface area contributed by atoms with Crippen LogP contribution in [0.1, 0.15) is 10.4 Å². The molecule has 4 aromatic rings. The fraction of sp³-hybridized carbons (Fsp3) is 0. The number of nitro benzene ring substituents is 1. The second kappa shape index (κ2) is 8.56. The molecule has 1 heterocycles. The van der Waals surface area contributed by atoms with Gasteiger partial charge in [-0.05, 0) is 77.2 Å². The first kappa shape index (κ1) is 20.5. The normalized spacial score (nSPS) is 10.6. The third kappa shape index (κ3) is 4.72. The molecule has 0 saturated carbocycles. The molecule has 0 fully saturated rings. The summed E-state index contributed by atoms with van der Waals surface area (Å²) >= 11 is 2.17. The fourth-order valence-electron chi connectivity index (χ4n) is 2.96. The zero-order valence-electron chi connectivity index (χ0n) is 15.8. The summed E-state index contributed by atoms with van der Waals surface area (Å²) in [5, 5.41) is 17.4. The third-order valence-corrected chi connectivity index (χ3v) is 5.18. The highest BCUT2D eigenvalue weighted by molar-refractivity contribution is 14.1. The first-order valence-corrected chi connectivity index (χ1v) is 10.1. The maximum atomic E-state index is 12.3. The van der Waals surface area contributed by atoms with Crippen LogP contribution in [0.4, 0.5) is 22.7 Å². The van der Waals surface area contributed by atoms with E-state index in [-0.39, 0.29) is 17.2 Å². The molecule has 4 rings (SSSR count). The Morgan fingerprint density at radius 3 is 2.29 bits per heavy atom. The molecular formula is C22H14IN3O5. The van der Waals surface area contributed by atoms with Crippen LogP contribution in [0, 0.1) is 13.7 Å². The van der Waals surface area contributed by atoms with Crippen LogP contribution in [-0.4, -0.2) is 10.8 Å². The van der Waals surface area contributed by atoms with Gasteiger partial charge in [0.25, 0.3) is 11.6 Å². The Morgan fingerprint density at radius 2 is 1.61 bits per heavy atom. The van der Waals surface area contributed by atoms with Gasteiger partial charge in [-0.1, -0.05) is 0 Å². The van der Waals surface area contributed by atoms with Gasteiger partial charge >= 0.3 is 5.63 Å². The topological polar surface area (TPSA) is 114 Å². The van der Waals surface area contributed by atoms with Gasteiger partial charge in [-0.15, -0.1) is 0 Å². The van der Waals surface area contributed by atoms with Gasteiger partial charge in [-0.2, -0.15) is 0 Å². The molecule has 0 atom stereocenters. The third-order valence-electron chi connectivity index (χ3n) is 4.47. The average Bonchev–Trinajstić information content (AvgIpc) is 2.75. The van der Waals surface area contributed by atoms with Crippen molar-refractivity contribution in [2.45, 2.75) is 0 Å². The van der Waals surface area contributed by atoms with Gasteiger partial charge in [0.2, 0.25) is 0 Å². The molecule has 1 aromatic heterocycles. The minimum absolute atomic E-state index is 0.113. The van der Waals surface area contributed by atoms with Crippen molar-refractivity contribution in [2.24, 2.45) is 0 Å². The van der Waals surface area contributed by atoms with Crippen LogP contribution in [0.15, 0.2) is 82.0 Å². The molecule has 0 unspecified atom stereocenters. The van der Waals surface area contributed by atoms with Crippen molar-refractivity contribution in [3.05, 3.63) is 102 Å². The predicted octanol–water partition coefficient (Wildman–Crippen LogP) is 5.30. The maximum absolute atomic E-state index is 12.3. The van der Waals surface area contributed by atoms with Gasteiger partial charge in [-0.25, -0.2) is 4.79 Å². The van der Waals surface area contributed by atoms with Gasteiger partial charge in [0.1, 0.15) is 5.58 Å². The van der Waals surface area contributed by atoms with E-state index in [0.29, 0.717) is 28.0 Å². The second-order valence-electron chi connectivity index (χ2n) is 6.58.